The first-order chi connectivity index (χ1) is 27.7. The number of allylic oxidation sites excluding steroid dienone is 1. The van der Waals surface area contributed by atoms with Crippen molar-refractivity contribution in [2.45, 2.75) is 5.41 Å². The number of hydrogen-bond acceptors (Lipinski definition) is 3. The number of benzene rings is 8. The van der Waals surface area contributed by atoms with Gasteiger partial charge in [-0.3, -0.25) is 4.99 Å². The highest BCUT2D eigenvalue weighted by Crippen LogP contribution is 2.62. The van der Waals surface area contributed by atoms with Crippen LogP contribution >= 0.6 is 0 Å². The molecule has 0 atom stereocenters. The third-order valence-corrected chi connectivity index (χ3v) is 11.1. The maximum absolute atomic E-state index is 8.71. The average Bonchev–Trinajstić information content (AvgIpc) is 3.56. The van der Waals surface area contributed by atoms with Crippen molar-refractivity contribution in [3.8, 4) is 44.9 Å². The van der Waals surface area contributed by atoms with Gasteiger partial charge in [-0.15, -0.1) is 0 Å². The summed E-state index contributed by atoms with van der Waals surface area (Å²) in [6.45, 7) is 0. The van der Waals surface area contributed by atoms with Gasteiger partial charge in [0.1, 0.15) is 11.5 Å². The summed E-state index contributed by atoms with van der Waals surface area (Å²) in [6.07, 6.45) is 3.71. The third-order valence-electron chi connectivity index (χ3n) is 11.1. The summed E-state index contributed by atoms with van der Waals surface area (Å²) in [6, 6.07) is 69.9. The van der Waals surface area contributed by atoms with Gasteiger partial charge in [-0.2, -0.15) is 0 Å². The lowest BCUT2D eigenvalue weighted by Crippen LogP contribution is -2.32. The monoisotopic (exact) mass is 716 g/mol. The van der Waals surface area contributed by atoms with E-state index in [2.05, 4.69) is 140 Å². The smallest absolute Gasteiger partial charge is 0.132 e. The van der Waals surface area contributed by atoms with Crippen molar-refractivity contribution < 1.29 is 4.74 Å². The van der Waals surface area contributed by atoms with Crippen LogP contribution in [0, 0.1) is 5.41 Å². The second kappa shape index (κ2) is 13.8. The van der Waals surface area contributed by atoms with Crippen LogP contribution in [-0.4, -0.2) is 11.9 Å². The minimum Gasteiger partial charge on any atom is -0.457 e. The molecule has 0 fully saturated rings. The number of para-hydroxylation sites is 2. The number of rotatable bonds is 7. The van der Waals surface area contributed by atoms with E-state index in [1.165, 1.54) is 44.5 Å². The van der Waals surface area contributed by atoms with Crippen molar-refractivity contribution in [1.82, 2.24) is 0 Å². The number of hydrogen-bond donors (Lipinski definition) is 1. The fraction of sp³-hybridized carbons (Fsp3) is 0.0189. The van der Waals surface area contributed by atoms with Crippen molar-refractivity contribution in [1.29, 1.82) is 5.41 Å². The first-order valence-electron chi connectivity index (χ1n) is 18.9. The molecule has 10 rings (SSSR count). The molecule has 0 amide bonds. The Kier molecular flexibility index (Phi) is 8.19. The standard InChI is InChI=1S/C53H36N2O/c54-49(38-14-3-1-4-15-38)34-50(39-16-5-2-6-17-39)55-35-36-26-28-37(29-27-36)40-18-13-19-41(32-40)42-30-31-46-44(33-42)43-20-7-8-21-45(43)53(46)47-22-9-11-24-51(47)56-52-25-12-10-23-48(52)53/h1-35,54H/b50-34-,54-49?,55-35+. The Morgan fingerprint density at radius 3 is 1.68 bits per heavy atom. The van der Waals surface area contributed by atoms with Crippen molar-refractivity contribution in [3.63, 3.8) is 0 Å². The first-order valence-corrected chi connectivity index (χ1v) is 18.9. The van der Waals surface area contributed by atoms with Crippen molar-refractivity contribution in [2.75, 3.05) is 0 Å². The molecule has 1 N–H and O–H groups in total. The van der Waals surface area contributed by atoms with Crippen LogP contribution in [0.15, 0.2) is 211 Å². The zero-order valence-electron chi connectivity index (χ0n) is 30.6. The second-order valence-electron chi connectivity index (χ2n) is 14.3. The largest absolute Gasteiger partial charge is 0.457 e. The van der Waals surface area contributed by atoms with Crippen LogP contribution in [0.2, 0.25) is 0 Å². The Morgan fingerprint density at radius 1 is 0.446 bits per heavy atom. The lowest BCUT2D eigenvalue weighted by atomic mass is 9.66. The predicted octanol–water partition coefficient (Wildman–Crippen LogP) is 13.0. The number of nitrogens with zero attached hydrogens (tertiary/aromatic N) is 1. The van der Waals surface area contributed by atoms with Crippen LogP contribution in [0.4, 0.5) is 0 Å². The fourth-order valence-corrected chi connectivity index (χ4v) is 8.46. The quantitative estimate of drug-likeness (QED) is 0.164. The summed E-state index contributed by atoms with van der Waals surface area (Å²) < 4.78 is 6.50. The molecule has 8 aromatic carbocycles. The normalized spacial score (nSPS) is 13.4. The summed E-state index contributed by atoms with van der Waals surface area (Å²) in [7, 11) is 0. The fourth-order valence-electron chi connectivity index (χ4n) is 8.46. The molecule has 1 aliphatic carbocycles. The van der Waals surface area contributed by atoms with Gasteiger partial charge < -0.3 is 10.1 Å². The van der Waals surface area contributed by atoms with E-state index in [1.807, 2.05) is 73.0 Å². The van der Waals surface area contributed by atoms with E-state index in [0.717, 1.165) is 45.0 Å². The van der Waals surface area contributed by atoms with E-state index < -0.39 is 5.41 Å². The summed E-state index contributed by atoms with van der Waals surface area (Å²) in [5.41, 5.74) is 15.5. The Bertz CT molecular complexity index is 2790. The van der Waals surface area contributed by atoms with Gasteiger partial charge in [0.2, 0.25) is 0 Å². The number of nitrogens with one attached hydrogen (secondary N) is 1. The third kappa shape index (κ3) is 5.61. The Balaban J connectivity index is 0.980. The zero-order chi connectivity index (χ0) is 37.5. The molecule has 264 valence electrons. The maximum Gasteiger partial charge on any atom is 0.132 e. The molecule has 0 bridgehead atoms. The second-order valence-corrected chi connectivity index (χ2v) is 14.3. The predicted molar refractivity (Wildman–Crippen MR) is 230 cm³/mol. The van der Waals surface area contributed by atoms with Crippen LogP contribution in [0.5, 0.6) is 11.5 Å². The first kappa shape index (κ1) is 33.2. The lowest BCUT2D eigenvalue weighted by molar-refractivity contribution is 0.436. The van der Waals surface area contributed by atoms with E-state index in [4.69, 9.17) is 15.1 Å². The minimum absolute atomic E-state index is 0.420. The van der Waals surface area contributed by atoms with E-state index >= 15 is 0 Å². The summed E-state index contributed by atoms with van der Waals surface area (Å²) in [5.74, 6) is 1.80. The van der Waals surface area contributed by atoms with Gasteiger partial charge in [-0.05, 0) is 86.0 Å². The molecule has 3 nitrogen and oxygen atoms in total. The van der Waals surface area contributed by atoms with Crippen LogP contribution in [0.1, 0.15) is 38.9 Å². The molecule has 8 aromatic rings. The molecule has 3 heteroatoms. The van der Waals surface area contributed by atoms with Gasteiger partial charge in [0.15, 0.2) is 0 Å². The molecule has 0 unspecified atom stereocenters. The molecule has 0 saturated heterocycles. The average molecular weight is 717 g/mol. The van der Waals surface area contributed by atoms with Gasteiger partial charge in [0.25, 0.3) is 0 Å². The highest BCUT2D eigenvalue weighted by molar-refractivity contribution is 6.10. The Hall–Kier alpha value is -7.36. The van der Waals surface area contributed by atoms with Crippen LogP contribution in [-0.2, 0) is 5.41 Å². The molecule has 0 radical (unpaired) electrons. The topological polar surface area (TPSA) is 45.4 Å². The highest BCUT2D eigenvalue weighted by atomic mass is 16.5. The summed E-state index contributed by atoms with van der Waals surface area (Å²) >= 11 is 0. The molecule has 0 aromatic heterocycles. The molecule has 1 heterocycles. The maximum atomic E-state index is 8.71. The van der Waals surface area contributed by atoms with Gasteiger partial charge in [0, 0.05) is 22.9 Å². The van der Waals surface area contributed by atoms with Gasteiger partial charge in [-0.25, -0.2) is 0 Å². The van der Waals surface area contributed by atoms with E-state index in [9.17, 15) is 0 Å². The van der Waals surface area contributed by atoms with Gasteiger partial charge >= 0.3 is 0 Å². The minimum atomic E-state index is -0.468. The van der Waals surface area contributed by atoms with Crippen molar-refractivity contribution in [2.24, 2.45) is 4.99 Å². The van der Waals surface area contributed by atoms with Crippen LogP contribution < -0.4 is 4.74 Å². The van der Waals surface area contributed by atoms with E-state index in [1.54, 1.807) is 0 Å². The Morgan fingerprint density at radius 2 is 0.982 bits per heavy atom. The van der Waals surface area contributed by atoms with E-state index in [-0.39, 0.29) is 0 Å². The molecular formula is C53H36N2O. The molecule has 1 aliphatic heterocycles. The molecule has 0 saturated carbocycles. The molecule has 1 spiro atoms. The van der Waals surface area contributed by atoms with Crippen LogP contribution in [0.3, 0.4) is 0 Å². The van der Waals surface area contributed by atoms with E-state index in [0.29, 0.717) is 5.71 Å². The van der Waals surface area contributed by atoms with Crippen LogP contribution in [0.25, 0.3) is 39.1 Å². The van der Waals surface area contributed by atoms with Gasteiger partial charge in [-0.1, -0.05) is 176 Å². The highest BCUT2D eigenvalue weighted by Gasteiger charge is 2.50. The summed E-state index contributed by atoms with van der Waals surface area (Å²) in [5, 5.41) is 8.71. The number of aliphatic imine (C=N–C) groups is 1. The lowest BCUT2D eigenvalue weighted by Gasteiger charge is -2.39. The molecular weight excluding hydrogens is 681 g/mol. The molecule has 56 heavy (non-hydrogen) atoms. The van der Waals surface area contributed by atoms with Crippen molar-refractivity contribution >= 4 is 17.6 Å². The summed E-state index contributed by atoms with van der Waals surface area (Å²) in [4.78, 5) is 4.88. The number of ether oxygens (including phenoxy) is 1. The SMILES string of the molecule is N=C(/C=C(\N=C\c1ccc(-c2cccc(-c3ccc4c(c3)-c3ccccc3C43c4ccccc4Oc4ccccc43)c2)cc1)c1ccccc1)c1ccccc1. The Labute approximate surface area is 327 Å². The van der Waals surface area contributed by atoms with Gasteiger partial charge in [0.05, 0.1) is 16.8 Å². The molecule has 2 aliphatic rings. The van der Waals surface area contributed by atoms with Crippen molar-refractivity contribution in [3.05, 3.63) is 245 Å². The number of fused-ring (bicyclic) bond motifs is 9. The zero-order valence-corrected chi connectivity index (χ0v) is 30.6.